The third kappa shape index (κ3) is 3.49. The molecule has 1 aromatic carbocycles. The SMILES string of the molecule is COc1cccc(NC(=S)N2CC[C@H]3CCCC[C@@H]3C2)c1. The van der Waals surface area contributed by atoms with E-state index >= 15 is 0 Å². The lowest BCUT2D eigenvalue weighted by Gasteiger charge is -2.42. The number of benzene rings is 1. The van der Waals surface area contributed by atoms with Crippen LogP contribution in [-0.4, -0.2) is 30.2 Å². The maximum absolute atomic E-state index is 5.60. The van der Waals surface area contributed by atoms with Crippen LogP contribution in [0.1, 0.15) is 32.1 Å². The third-order valence-corrected chi connectivity index (χ3v) is 5.26. The van der Waals surface area contributed by atoms with Gasteiger partial charge < -0.3 is 15.0 Å². The van der Waals surface area contributed by atoms with Crippen molar-refractivity contribution in [3.8, 4) is 5.75 Å². The Morgan fingerprint density at radius 2 is 2.05 bits per heavy atom. The number of piperidine rings is 1. The molecule has 3 rings (SSSR count). The predicted molar refractivity (Wildman–Crippen MR) is 90.9 cm³/mol. The number of rotatable bonds is 2. The standard InChI is InChI=1S/C17H24N2OS/c1-20-16-8-4-7-15(11-16)18-17(21)19-10-9-13-5-2-3-6-14(13)12-19/h4,7-8,11,13-14H,2-3,5-6,9-10,12H2,1H3,(H,18,21)/t13-,14-/m1/s1. The molecule has 0 spiro atoms. The number of thiocarbonyl (C=S) groups is 1. The summed E-state index contributed by atoms with van der Waals surface area (Å²) in [6.07, 6.45) is 6.92. The topological polar surface area (TPSA) is 24.5 Å². The van der Waals surface area contributed by atoms with Crippen molar-refractivity contribution in [2.75, 3.05) is 25.5 Å². The van der Waals surface area contributed by atoms with E-state index in [0.29, 0.717) is 0 Å². The molecule has 0 aromatic heterocycles. The summed E-state index contributed by atoms with van der Waals surface area (Å²) in [5.74, 6) is 2.64. The van der Waals surface area contributed by atoms with Gasteiger partial charge in [-0.15, -0.1) is 0 Å². The summed E-state index contributed by atoms with van der Waals surface area (Å²) in [4.78, 5) is 2.35. The van der Waals surface area contributed by atoms with Gasteiger partial charge in [0, 0.05) is 24.8 Å². The van der Waals surface area contributed by atoms with Gasteiger partial charge in [-0.2, -0.15) is 0 Å². The van der Waals surface area contributed by atoms with Crippen LogP contribution in [0.5, 0.6) is 5.75 Å². The largest absolute Gasteiger partial charge is 0.497 e. The van der Waals surface area contributed by atoms with E-state index in [-0.39, 0.29) is 0 Å². The van der Waals surface area contributed by atoms with E-state index in [1.807, 2.05) is 24.3 Å². The van der Waals surface area contributed by atoms with Gasteiger partial charge in [0.05, 0.1) is 7.11 Å². The predicted octanol–water partition coefficient (Wildman–Crippen LogP) is 3.90. The number of hydrogen-bond donors (Lipinski definition) is 1. The molecule has 0 bridgehead atoms. The van der Waals surface area contributed by atoms with Crippen molar-refractivity contribution in [2.45, 2.75) is 32.1 Å². The summed E-state index contributed by atoms with van der Waals surface area (Å²) < 4.78 is 5.26. The van der Waals surface area contributed by atoms with Crippen LogP contribution in [-0.2, 0) is 0 Å². The zero-order valence-corrected chi connectivity index (χ0v) is 13.5. The third-order valence-electron chi connectivity index (χ3n) is 4.90. The van der Waals surface area contributed by atoms with Crippen molar-refractivity contribution >= 4 is 23.0 Å². The Bertz CT molecular complexity index is 505. The summed E-state index contributed by atoms with van der Waals surface area (Å²) in [7, 11) is 1.69. The molecule has 3 nitrogen and oxygen atoms in total. The summed E-state index contributed by atoms with van der Waals surface area (Å²) in [6.45, 7) is 2.22. The average molecular weight is 304 g/mol. The molecule has 0 unspecified atom stereocenters. The van der Waals surface area contributed by atoms with Crippen molar-refractivity contribution in [1.29, 1.82) is 0 Å². The summed E-state index contributed by atoms with van der Waals surface area (Å²) in [6, 6.07) is 7.95. The number of hydrogen-bond acceptors (Lipinski definition) is 2. The molecule has 0 amide bonds. The van der Waals surface area contributed by atoms with E-state index in [2.05, 4.69) is 10.2 Å². The smallest absolute Gasteiger partial charge is 0.173 e. The highest BCUT2D eigenvalue weighted by molar-refractivity contribution is 7.80. The van der Waals surface area contributed by atoms with Crippen molar-refractivity contribution in [3.05, 3.63) is 24.3 Å². The van der Waals surface area contributed by atoms with Crippen LogP contribution in [0.3, 0.4) is 0 Å². The van der Waals surface area contributed by atoms with Gasteiger partial charge in [0.1, 0.15) is 5.75 Å². The lowest BCUT2D eigenvalue weighted by Crippen LogP contribution is -2.46. The fourth-order valence-electron chi connectivity index (χ4n) is 3.69. The molecule has 21 heavy (non-hydrogen) atoms. The fraction of sp³-hybridized carbons (Fsp3) is 0.588. The van der Waals surface area contributed by atoms with Crippen molar-refractivity contribution in [3.63, 3.8) is 0 Å². The fourth-order valence-corrected chi connectivity index (χ4v) is 3.97. The molecule has 1 saturated heterocycles. The molecule has 1 aliphatic heterocycles. The van der Waals surface area contributed by atoms with E-state index in [4.69, 9.17) is 17.0 Å². The minimum Gasteiger partial charge on any atom is -0.497 e. The van der Waals surface area contributed by atoms with E-state index in [0.717, 1.165) is 41.5 Å². The number of nitrogens with one attached hydrogen (secondary N) is 1. The van der Waals surface area contributed by atoms with E-state index in [1.54, 1.807) is 7.11 Å². The molecule has 4 heteroatoms. The molecule has 1 aliphatic carbocycles. The van der Waals surface area contributed by atoms with Gasteiger partial charge in [-0.25, -0.2) is 0 Å². The second kappa shape index (κ2) is 6.65. The minimum atomic E-state index is 0.845. The average Bonchev–Trinajstić information content (AvgIpc) is 2.54. The molecule has 2 fully saturated rings. The van der Waals surface area contributed by atoms with Gasteiger partial charge in [0.15, 0.2) is 5.11 Å². The van der Waals surface area contributed by atoms with Crippen LogP contribution >= 0.6 is 12.2 Å². The zero-order chi connectivity index (χ0) is 14.7. The van der Waals surface area contributed by atoms with Crippen LogP contribution in [0.15, 0.2) is 24.3 Å². The Hall–Kier alpha value is -1.29. The summed E-state index contributed by atoms with van der Waals surface area (Å²) >= 11 is 5.60. The number of fused-ring (bicyclic) bond motifs is 1. The number of anilines is 1. The van der Waals surface area contributed by atoms with Crippen molar-refractivity contribution in [1.82, 2.24) is 4.90 Å². The van der Waals surface area contributed by atoms with Gasteiger partial charge in [0.2, 0.25) is 0 Å². The number of likely N-dealkylation sites (tertiary alicyclic amines) is 1. The van der Waals surface area contributed by atoms with Crippen LogP contribution in [0.25, 0.3) is 0 Å². The molecular weight excluding hydrogens is 280 g/mol. The Morgan fingerprint density at radius 1 is 1.24 bits per heavy atom. The first-order valence-corrected chi connectivity index (χ1v) is 8.37. The van der Waals surface area contributed by atoms with E-state index < -0.39 is 0 Å². The van der Waals surface area contributed by atoms with Gasteiger partial charge in [-0.3, -0.25) is 0 Å². The zero-order valence-electron chi connectivity index (χ0n) is 12.7. The highest BCUT2D eigenvalue weighted by Crippen LogP contribution is 2.36. The van der Waals surface area contributed by atoms with Crippen LogP contribution in [0, 0.1) is 11.8 Å². The first-order valence-electron chi connectivity index (χ1n) is 7.96. The number of nitrogens with zero attached hydrogens (tertiary/aromatic N) is 1. The number of methoxy groups -OCH3 is 1. The lowest BCUT2D eigenvalue weighted by atomic mass is 9.75. The van der Waals surface area contributed by atoms with Crippen molar-refractivity contribution in [2.24, 2.45) is 11.8 Å². The van der Waals surface area contributed by atoms with E-state index in [1.165, 1.54) is 32.1 Å². The normalized spacial score (nSPS) is 25.1. The van der Waals surface area contributed by atoms with Gasteiger partial charge in [0.25, 0.3) is 0 Å². The Balaban J connectivity index is 1.60. The highest BCUT2D eigenvalue weighted by atomic mass is 32.1. The summed E-state index contributed by atoms with van der Waals surface area (Å²) in [5.41, 5.74) is 1.00. The first-order chi connectivity index (χ1) is 10.3. The summed E-state index contributed by atoms with van der Waals surface area (Å²) in [5, 5.41) is 4.21. The minimum absolute atomic E-state index is 0.845. The number of ether oxygens (including phenoxy) is 1. The van der Waals surface area contributed by atoms with Crippen LogP contribution < -0.4 is 10.1 Å². The molecule has 0 radical (unpaired) electrons. The Labute approximate surface area is 132 Å². The molecule has 2 aliphatic rings. The quantitative estimate of drug-likeness (QED) is 0.837. The van der Waals surface area contributed by atoms with Gasteiger partial charge in [-0.1, -0.05) is 25.3 Å². The van der Waals surface area contributed by atoms with E-state index in [9.17, 15) is 0 Å². The Morgan fingerprint density at radius 3 is 2.86 bits per heavy atom. The first kappa shape index (κ1) is 14.6. The van der Waals surface area contributed by atoms with Crippen LogP contribution in [0.2, 0.25) is 0 Å². The second-order valence-electron chi connectivity index (χ2n) is 6.20. The second-order valence-corrected chi connectivity index (χ2v) is 6.59. The molecule has 1 N–H and O–H groups in total. The highest BCUT2D eigenvalue weighted by Gasteiger charge is 2.31. The Kier molecular flexibility index (Phi) is 4.63. The molecule has 1 aromatic rings. The lowest BCUT2D eigenvalue weighted by molar-refractivity contribution is 0.131. The van der Waals surface area contributed by atoms with Gasteiger partial charge >= 0.3 is 0 Å². The molecule has 1 saturated carbocycles. The van der Waals surface area contributed by atoms with Crippen LogP contribution in [0.4, 0.5) is 5.69 Å². The molecule has 114 valence electrons. The van der Waals surface area contributed by atoms with Gasteiger partial charge in [-0.05, 0) is 49.0 Å². The molecular formula is C17H24N2OS. The molecule has 1 heterocycles. The maximum Gasteiger partial charge on any atom is 0.173 e. The monoisotopic (exact) mass is 304 g/mol. The maximum atomic E-state index is 5.60. The van der Waals surface area contributed by atoms with Crippen molar-refractivity contribution < 1.29 is 4.74 Å². The molecule has 2 atom stereocenters.